The lowest BCUT2D eigenvalue weighted by Gasteiger charge is -2.13. The van der Waals surface area contributed by atoms with Gasteiger partial charge >= 0.3 is 0 Å². The van der Waals surface area contributed by atoms with Gasteiger partial charge in [-0.25, -0.2) is 0 Å². The van der Waals surface area contributed by atoms with Gasteiger partial charge in [0.2, 0.25) is 5.91 Å². The van der Waals surface area contributed by atoms with Crippen molar-refractivity contribution in [1.29, 1.82) is 0 Å². The predicted octanol–water partition coefficient (Wildman–Crippen LogP) is 0.856. The molecule has 0 aromatic rings. The van der Waals surface area contributed by atoms with Crippen LogP contribution in [0.1, 0.15) is 26.2 Å². The molecular weight excluding hydrogens is 176 g/mol. The zero-order chi connectivity index (χ0) is 11.0. The smallest absolute Gasteiger partial charge is 0.223 e. The van der Waals surface area contributed by atoms with Gasteiger partial charge in [-0.1, -0.05) is 19.3 Å². The molecule has 1 N–H and O–H groups in total. The molecule has 0 aromatic heterocycles. The summed E-state index contributed by atoms with van der Waals surface area (Å²) >= 11 is 0. The number of hydrogen-bond donors (Lipinski definition) is 1. The summed E-state index contributed by atoms with van der Waals surface area (Å²) in [6.45, 7) is 2.75. The van der Waals surface area contributed by atoms with E-state index < -0.39 is 0 Å². The molecule has 0 rings (SSSR count). The normalized spacial score (nSPS) is 11.9. The summed E-state index contributed by atoms with van der Waals surface area (Å²) in [4.78, 5) is 12.8. The average molecular weight is 196 g/mol. The summed E-state index contributed by atoms with van der Waals surface area (Å²) in [5.41, 5.74) is 0. The van der Waals surface area contributed by atoms with Crippen LogP contribution in [0.4, 0.5) is 0 Å². The van der Waals surface area contributed by atoms with Gasteiger partial charge in [-0.2, -0.15) is 0 Å². The van der Waals surface area contributed by atoms with Crippen molar-refractivity contribution in [2.75, 3.05) is 20.6 Å². The Bertz CT molecular complexity index is 206. The van der Waals surface area contributed by atoms with Crippen LogP contribution in [0.15, 0.2) is 0 Å². The van der Waals surface area contributed by atoms with E-state index in [9.17, 15) is 4.79 Å². The van der Waals surface area contributed by atoms with E-state index in [0.29, 0.717) is 13.0 Å². The molecule has 0 aliphatic rings. The summed E-state index contributed by atoms with van der Waals surface area (Å²) in [7, 11) is 3.51. The van der Waals surface area contributed by atoms with E-state index in [0.717, 1.165) is 12.8 Å². The van der Waals surface area contributed by atoms with Gasteiger partial charge in [0.25, 0.3) is 0 Å². The third-order valence-electron chi connectivity index (χ3n) is 2.01. The fourth-order valence-electron chi connectivity index (χ4n) is 1.11. The van der Waals surface area contributed by atoms with Crippen LogP contribution in [0.25, 0.3) is 0 Å². The highest BCUT2D eigenvalue weighted by Gasteiger charge is 2.05. The highest BCUT2D eigenvalue weighted by molar-refractivity contribution is 5.75. The highest BCUT2D eigenvalue weighted by atomic mass is 16.2. The molecule has 3 nitrogen and oxygen atoms in total. The lowest BCUT2D eigenvalue weighted by atomic mass is 10.2. The van der Waals surface area contributed by atoms with Gasteiger partial charge in [0, 0.05) is 27.1 Å². The van der Waals surface area contributed by atoms with E-state index in [-0.39, 0.29) is 11.9 Å². The van der Waals surface area contributed by atoms with Crippen molar-refractivity contribution in [3.05, 3.63) is 0 Å². The lowest BCUT2D eigenvalue weighted by Crippen LogP contribution is -2.32. The Kier molecular flexibility index (Phi) is 6.87. The van der Waals surface area contributed by atoms with Gasteiger partial charge < -0.3 is 10.2 Å². The van der Waals surface area contributed by atoms with E-state index in [1.165, 1.54) is 0 Å². The maximum Gasteiger partial charge on any atom is 0.223 e. The number of nitrogens with zero attached hydrogens (tertiary/aromatic N) is 1. The summed E-state index contributed by atoms with van der Waals surface area (Å²) in [6.07, 6.45) is 7.86. The number of rotatable bonds is 6. The van der Waals surface area contributed by atoms with Crippen LogP contribution in [-0.2, 0) is 4.79 Å². The van der Waals surface area contributed by atoms with Gasteiger partial charge in [0.1, 0.15) is 0 Å². The van der Waals surface area contributed by atoms with Crippen molar-refractivity contribution in [2.24, 2.45) is 0 Å². The molecule has 1 unspecified atom stereocenters. The molecular formula is C11H20N2O. The largest absolute Gasteiger partial charge is 0.349 e. The molecule has 0 aromatic carbocycles. The van der Waals surface area contributed by atoms with E-state index in [2.05, 4.69) is 18.2 Å². The first kappa shape index (κ1) is 13.0. The maximum absolute atomic E-state index is 11.2. The minimum Gasteiger partial charge on any atom is -0.349 e. The molecule has 0 saturated heterocycles. The van der Waals surface area contributed by atoms with Crippen LogP contribution in [-0.4, -0.2) is 37.5 Å². The van der Waals surface area contributed by atoms with Crippen molar-refractivity contribution in [2.45, 2.75) is 32.2 Å². The third-order valence-corrected chi connectivity index (χ3v) is 2.01. The maximum atomic E-state index is 11.2. The van der Waals surface area contributed by atoms with Crippen molar-refractivity contribution in [3.63, 3.8) is 0 Å². The molecule has 0 saturated carbocycles. The second-order valence-corrected chi connectivity index (χ2v) is 3.50. The molecule has 3 heteroatoms. The van der Waals surface area contributed by atoms with Crippen molar-refractivity contribution < 1.29 is 4.79 Å². The summed E-state index contributed by atoms with van der Waals surface area (Å²) in [6, 6.07) is 0.106. The molecule has 1 amide bonds. The molecule has 0 spiro atoms. The zero-order valence-electron chi connectivity index (χ0n) is 9.34. The van der Waals surface area contributed by atoms with Gasteiger partial charge in [-0.15, -0.1) is 6.42 Å². The van der Waals surface area contributed by atoms with Crippen LogP contribution in [0.3, 0.4) is 0 Å². The number of terminal acetylenes is 1. The lowest BCUT2D eigenvalue weighted by molar-refractivity contribution is -0.128. The number of carbonyl (C=O) groups is 1. The van der Waals surface area contributed by atoms with Crippen LogP contribution < -0.4 is 5.32 Å². The van der Waals surface area contributed by atoms with E-state index >= 15 is 0 Å². The molecule has 14 heavy (non-hydrogen) atoms. The van der Waals surface area contributed by atoms with Crippen LogP contribution in [0.2, 0.25) is 0 Å². The van der Waals surface area contributed by atoms with Crippen molar-refractivity contribution in [3.8, 4) is 12.3 Å². The summed E-state index contributed by atoms with van der Waals surface area (Å²) in [5.74, 6) is 2.80. The number of amides is 1. The molecule has 0 bridgehead atoms. The van der Waals surface area contributed by atoms with Gasteiger partial charge in [0.05, 0.1) is 6.04 Å². The van der Waals surface area contributed by atoms with Gasteiger partial charge in [-0.05, 0) is 6.42 Å². The predicted molar refractivity (Wildman–Crippen MR) is 58.8 cm³/mol. The number of nitrogens with one attached hydrogen (secondary N) is 1. The molecule has 1 atom stereocenters. The van der Waals surface area contributed by atoms with Gasteiger partial charge in [0.15, 0.2) is 0 Å². The zero-order valence-corrected chi connectivity index (χ0v) is 9.34. The Morgan fingerprint density at radius 1 is 1.57 bits per heavy atom. The molecule has 0 aliphatic heterocycles. The molecule has 0 heterocycles. The second-order valence-electron chi connectivity index (χ2n) is 3.50. The highest BCUT2D eigenvalue weighted by Crippen LogP contribution is 1.95. The monoisotopic (exact) mass is 196 g/mol. The molecule has 0 fully saturated rings. The SMILES string of the molecule is C#CC(CCC)NCCC(=O)N(C)C. The topological polar surface area (TPSA) is 32.3 Å². The first-order valence-corrected chi connectivity index (χ1v) is 5.01. The first-order chi connectivity index (χ1) is 6.61. The molecule has 80 valence electrons. The van der Waals surface area contributed by atoms with Crippen LogP contribution in [0, 0.1) is 12.3 Å². The minimum absolute atomic E-state index is 0.106. The number of carbonyl (C=O) groups excluding carboxylic acids is 1. The van der Waals surface area contributed by atoms with Gasteiger partial charge in [-0.3, -0.25) is 4.79 Å². The van der Waals surface area contributed by atoms with Crippen LogP contribution in [0.5, 0.6) is 0 Å². The Morgan fingerprint density at radius 2 is 2.21 bits per heavy atom. The molecule has 0 aliphatic carbocycles. The summed E-state index contributed by atoms with van der Waals surface area (Å²) in [5, 5.41) is 3.17. The minimum atomic E-state index is 0.106. The first-order valence-electron chi connectivity index (χ1n) is 5.01. The second kappa shape index (κ2) is 7.40. The fourth-order valence-corrected chi connectivity index (χ4v) is 1.11. The van der Waals surface area contributed by atoms with E-state index in [4.69, 9.17) is 6.42 Å². The fraction of sp³-hybridized carbons (Fsp3) is 0.727. The van der Waals surface area contributed by atoms with Crippen LogP contribution >= 0.6 is 0 Å². The quantitative estimate of drug-likeness (QED) is 0.639. The molecule has 0 radical (unpaired) electrons. The standard InChI is InChI=1S/C11H20N2O/c1-5-7-10(6-2)12-9-8-11(14)13(3)4/h2,10,12H,5,7-9H2,1,3-4H3. The summed E-state index contributed by atoms with van der Waals surface area (Å²) < 4.78 is 0. The van der Waals surface area contributed by atoms with E-state index in [1.54, 1.807) is 19.0 Å². The van der Waals surface area contributed by atoms with Crippen molar-refractivity contribution in [1.82, 2.24) is 10.2 Å². The van der Waals surface area contributed by atoms with Crippen molar-refractivity contribution >= 4 is 5.91 Å². The Balaban J connectivity index is 3.62. The third kappa shape index (κ3) is 5.60. The average Bonchev–Trinajstić information content (AvgIpc) is 2.16. The van der Waals surface area contributed by atoms with E-state index in [1.807, 2.05) is 0 Å². The Morgan fingerprint density at radius 3 is 2.64 bits per heavy atom. The Labute approximate surface area is 86.9 Å². The Hall–Kier alpha value is -1.01. The number of hydrogen-bond acceptors (Lipinski definition) is 2.